The molecule has 124 valence electrons. The Kier molecular flexibility index (Phi) is 3.58. The van der Waals surface area contributed by atoms with E-state index in [2.05, 4.69) is 20.7 Å². The predicted octanol–water partition coefficient (Wildman–Crippen LogP) is 0.588. The van der Waals surface area contributed by atoms with E-state index < -0.39 is 11.5 Å². The smallest absolute Gasteiger partial charge is 0.299 e. The van der Waals surface area contributed by atoms with Gasteiger partial charge in [-0.05, 0) is 18.2 Å². The Morgan fingerprint density at radius 2 is 1.96 bits per heavy atom. The molecule has 1 aromatic carbocycles. The van der Waals surface area contributed by atoms with Gasteiger partial charge in [0.25, 0.3) is 11.5 Å². The summed E-state index contributed by atoms with van der Waals surface area (Å²) in [4.78, 5) is 24.5. The van der Waals surface area contributed by atoms with Crippen molar-refractivity contribution in [1.82, 2.24) is 24.5 Å². The molecule has 0 fully saturated rings. The van der Waals surface area contributed by atoms with Gasteiger partial charge < -0.3 is 4.74 Å². The highest BCUT2D eigenvalue weighted by Gasteiger charge is 2.11. The van der Waals surface area contributed by atoms with Gasteiger partial charge in [-0.2, -0.15) is 5.10 Å². The van der Waals surface area contributed by atoms with Gasteiger partial charge in [0.15, 0.2) is 17.8 Å². The molecule has 0 radical (unpaired) electrons. The summed E-state index contributed by atoms with van der Waals surface area (Å²) >= 11 is 0. The number of aromatic nitrogens is 5. The summed E-state index contributed by atoms with van der Waals surface area (Å²) in [6, 6.07) is 12.2. The molecule has 0 aliphatic carbocycles. The number of hydrogen-bond acceptors (Lipinski definition) is 6. The van der Waals surface area contributed by atoms with Crippen LogP contribution in [0.25, 0.3) is 16.7 Å². The second kappa shape index (κ2) is 6.04. The van der Waals surface area contributed by atoms with Crippen molar-refractivity contribution in [1.29, 1.82) is 0 Å². The maximum absolute atomic E-state index is 12.5. The molecule has 0 unspecified atom stereocenters. The van der Waals surface area contributed by atoms with Crippen LogP contribution in [0.5, 0.6) is 5.75 Å². The number of nitrogens with zero attached hydrogens (tertiary/aromatic N) is 5. The van der Waals surface area contributed by atoms with Crippen LogP contribution in [0, 0.1) is 0 Å². The highest BCUT2D eigenvalue weighted by atomic mass is 16.5. The van der Waals surface area contributed by atoms with Crippen LogP contribution in [0.1, 0.15) is 0 Å². The minimum atomic E-state index is -0.504. The molecule has 0 spiro atoms. The average molecular weight is 336 g/mol. The van der Waals surface area contributed by atoms with Crippen LogP contribution >= 0.6 is 0 Å². The number of fused-ring (bicyclic) bond motifs is 3. The van der Waals surface area contributed by atoms with Gasteiger partial charge in [-0.25, -0.2) is 9.19 Å². The Labute approximate surface area is 140 Å². The first-order valence-electron chi connectivity index (χ1n) is 7.42. The minimum Gasteiger partial charge on any atom is -0.484 e. The lowest BCUT2D eigenvalue weighted by Crippen LogP contribution is -2.35. The molecule has 0 bridgehead atoms. The maximum atomic E-state index is 12.5. The van der Waals surface area contributed by atoms with Gasteiger partial charge in [-0.3, -0.25) is 15.0 Å². The van der Waals surface area contributed by atoms with Crippen molar-refractivity contribution in [2.75, 3.05) is 12.0 Å². The molecular weight excluding hydrogens is 324 g/mol. The second-order valence-corrected chi connectivity index (χ2v) is 5.16. The Morgan fingerprint density at radius 1 is 1.12 bits per heavy atom. The third kappa shape index (κ3) is 2.78. The largest absolute Gasteiger partial charge is 0.484 e. The zero-order chi connectivity index (χ0) is 17.2. The number of benzene rings is 1. The fourth-order valence-electron chi connectivity index (χ4n) is 2.36. The molecule has 9 nitrogen and oxygen atoms in total. The Hall–Kier alpha value is -3.75. The number of rotatable bonds is 4. The quantitative estimate of drug-likeness (QED) is 0.585. The Bertz CT molecular complexity index is 1120. The molecular formula is C16H12N6O3. The monoisotopic (exact) mass is 336 g/mol. The third-order valence-electron chi connectivity index (χ3n) is 3.51. The highest BCUT2D eigenvalue weighted by Crippen LogP contribution is 2.08. The minimum absolute atomic E-state index is 0.1000. The number of ether oxygens (including phenoxy) is 1. The molecule has 3 aromatic heterocycles. The Morgan fingerprint density at radius 3 is 2.80 bits per heavy atom. The number of carbonyl (C=O) groups is 1. The molecule has 25 heavy (non-hydrogen) atoms. The molecule has 0 saturated heterocycles. The number of para-hydroxylation sites is 1. The lowest BCUT2D eigenvalue weighted by atomic mass is 10.3. The summed E-state index contributed by atoms with van der Waals surface area (Å²) in [6.45, 7) is -0.224. The normalized spacial score (nSPS) is 10.9. The highest BCUT2D eigenvalue weighted by molar-refractivity contribution is 5.85. The van der Waals surface area contributed by atoms with E-state index in [-0.39, 0.29) is 12.1 Å². The summed E-state index contributed by atoms with van der Waals surface area (Å²) in [5.74, 6) is 0.0916. The van der Waals surface area contributed by atoms with Gasteiger partial charge in [0, 0.05) is 12.3 Å². The van der Waals surface area contributed by atoms with E-state index in [1.807, 2.05) is 6.07 Å². The van der Waals surface area contributed by atoms with E-state index >= 15 is 0 Å². The molecule has 0 atom stereocenters. The standard InChI is InChI=1S/C16H12N6O3/c23-14(10-25-11-4-2-1-3-5-11)20-21-9-7-12-15(16(21)24)19-18-13-6-8-17-22(12)13/h1-9H,10H2,(H,20,23). The van der Waals surface area contributed by atoms with Crippen molar-refractivity contribution in [3.63, 3.8) is 0 Å². The lowest BCUT2D eigenvalue weighted by Gasteiger charge is -2.10. The zero-order valence-corrected chi connectivity index (χ0v) is 12.9. The number of carbonyl (C=O) groups excluding carboxylic acids is 1. The fraction of sp³-hybridized carbons (Fsp3) is 0.0625. The van der Waals surface area contributed by atoms with E-state index in [4.69, 9.17) is 4.74 Å². The summed E-state index contributed by atoms with van der Waals surface area (Å²) in [5, 5.41) is 11.9. The molecule has 4 rings (SSSR count). The summed E-state index contributed by atoms with van der Waals surface area (Å²) in [6.07, 6.45) is 3.01. The number of pyridine rings is 1. The van der Waals surface area contributed by atoms with Gasteiger partial charge in [-0.15, -0.1) is 10.2 Å². The summed E-state index contributed by atoms with van der Waals surface area (Å²) in [7, 11) is 0. The van der Waals surface area contributed by atoms with Crippen LogP contribution in [-0.2, 0) is 4.79 Å². The molecule has 3 heterocycles. The number of amides is 1. The fourth-order valence-corrected chi connectivity index (χ4v) is 2.36. The molecule has 1 amide bonds. The third-order valence-corrected chi connectivity index (χ3v) is 3.51. The molecule has 0 saturated carbocycles. The zero-order valence-electron chi connectivity index (χ0n) is 12.9. The van der Waals surface area contributed by atoms with Gasteiger partial charge in [-0.1, -0.05) is 18.2 Å². The van der Waals surface area contributed by atoms with E-state index in [9.17, 15) is 9.59 Å². The van der Waals surface area contributed by atoms with Gasteiger partial charge in [0.2, 0.25) is 0 Å². The van der Waals surface area contributed by atoms with Crippen molar-refractivity contribution in [3.05, 3.63) is 65.2 Å². The van der Waals surface area contributed by atoms with Crippen molar-refractivity contribution >= 4 is 22.6 Å². The molecule has 0 aliphatic rings. The summed E-state index contributed by atoms with van der Waals surface area (Å²) in [5.41, 5.74) is 3.09. The van der Waals surface area contributed by atoms with Crippen LogP contribution in [-0.4, -0.2) is 37.0 Å². The number of nitrogens with one attached hydrogen (secondary N) is 1. The van der Waals surface area contributed by atoms with E-state index in [0.717, 1.165) is 4.68 Å². The first kappa shape index (κ1) is 14.8. The maximum Gasteiger partial charge on any atom is 0.299 e. The van der Waals surface area contributed by atoms with Gasteiger partial charge in [0.1, 0.15) is 11.3 Å². The number of hydrogen-bond donors (Lipinski definition) is 1. The van der Waals surface area contributed by atoms with Crippen LogP contribution in [0.4, 0.5) is 0 Å². The summed E-state index contributed by atoms with van der Waals surface area (Å²) < 4.78 is 7.90. The van der Waals surface area contributed by atoms with Crippen molar-refractivity contribution in [2.24, 2.45) is 0 Å². The second-order valence-electron chi connectivity index (χ2n) is 5.16. The average Bonchev–Trinajstić information content (AvgIpc) is 3.12. The first-order chi connectivity index (χ1) is 12.2. The van der Waals surface area contributed by atoms with Crippen LogP contribution in [0.2, 0.25) is 0 Å². The van der Waals surface area contributed by atoms with E-state index in [1.54, 1.807) is 42.6 Å². The van der Waals surface area contributed by atoms with E-state index in [1.165, 1.54) is 10.7 Å². The lowest BCUT2D eigenvalue weighted by molar-refractivity contribution is -0.119. The van der Waals surface area contributed by atoms with Crippen LogP contribution in [0.3, 0.4) is 0 Å². The SMILES string of the molecule is O=C(COc1ccccc1)Nn1ccc2c(nnc3ccnn32)c1=O. The van der Waals surface area contributed by atoms with Crippen LogP contribution in [0.15, 0.2) is 59.7 Å². The van der Waals surface area contributed by atoms with Crippen LogP contribution < -0.4 is 15.7 Å². The van der Waals surface area contributed by atoms with Crippen molar-refractivity contribution in [2.45, 2.75) is 0 Å². The first-order valence-corrected chi connectivity index (χ1v) is 7.42. The van der Waals surface area contributed by atoms with Gasteiger partial charge in [0.05, 0.1) is 6.20 Å². The topological polar surface area (TPSA) is 103 Å². The molecule has 1 N–H and O–H groups in total. The van der Waals surface area contributed by atoms with Crippen molar-refractivity contribution < 1.29 is 9.53 Å². The molecule has 0 aliphatic heterocycles. The Balaban J connectivity index is 1.57. The van der Waals surface area contributed by atoms with Crippen molar-refractivity contribution in [3.8, 4) is 5.75 Å². The molecule has 4 aromatic rings. The predicted molar refractivity (Wildman–Crippen MR) is 88.9 cm³/mol. The molecule has 9 heteroatoms. The van der Waals surface area contributed by atoms with E-state index in [0.29, 0.717) is 16.9 Å². The van der Waals surface area contributed by atoms with Gasteiger partial charge >= 0.3 is 0 Å².